The van der Waals surface area contributed by atoms with Crippen LogP contribution < -0.4 is 11.3 Å². The summed E-state index contributed by atoms with van der Waals surface area (Å²) < 4.78 is 2.15. The van der Waals surface area contributed by atoms with Gasteiger partial charge in [0.15, 0.2) is 5.13 Å². The molecule has 0 aliphatic heterocycles. The zero-order chi connectivity index (χ0) is 9.42. The van der Waals surface area contributed by atoms with Gasteiger partial charge in [0.05, 0.1) is 10.2 Å². The van der Waals surface area contributed by atoms with Crippen LogP contribution in [-0.2, 0) is 0 Å². The highest BCUT2D eigenvalue weighted by molar-refractivity contribution is 9.10. The first kappa shape index (κ1) is 8.93. The molecule has 2 rings (SSSR count). The second kappa shape index (κ2) is 3.25. The first-order chi connectivity index (χ1) is 6.20. The molecule has 0 amide bonds. The van der Waals surface area contributed by atoms with E-state index in [1.54, 1.807) is 11.3 Å². The highest BCUT2D eigenvalue weighted by atomic mass is 79.9. The Bertz CT molecular complexity index is 452. The van der Waals surface area contributed by atoms with Crippen LogP contribution in [-0.4, -0.2) is 4.98 Å². The van der Waals surface area contributed by atoms with Crippen LogP contribution in [0, 0.1) is 6.92 Å². The Balaban J connectivity index is 2.75. The molecule has 13 heavy (non-hydrogen) atoms. The van der Waals surface area contributed by atoms with Gasteiger partial charge in [-0.2, -0.15) is 0 Å². The van der Waals surface area contributed by atoms with Crippen LogP contribution in [0.15, 0.2) is 16.6 Å². The van der Waals surface area contributed by atoms with Gasteiger partial charge in [0.1, 0.15) is 0 Å². The molecule has 0 bridgehead atoms. The molecule has 0 saturated carbocycles. The summed E-state index contributed by atoms with van der Waals surface area (Å²) in [4.78, 5) is 4.31. The van der Waals surface area contributed by atoms with Crippen LogP contribution in [0.4, 0.5) is 5.13 Å². The summed E-state index contributed by atoms with van der Waals surface area (Å²) in [7, 11) is 0. The van der Waals surface area contributed by atoms with Crippen LogP contribution in [0.3, 0.4) is 0 Å². The topological polar surface area (TPSA) is 50.9 Å². The minimum absolute atomic E-state index is 0.737. The van der Waals surface area contributed by atoms with Crippen molar-refractivity contribution in [3.8, 4) is 0 Å². The molecule has 1 heterocycles. The summed E-state index contributed by atoms with van der Waals surface area (Å²) >= 11 is 5.01. The summed E-state index contributed by atoms with van der Waals surface area (Å²) in [5.74, 6) is 5.28. The Kier molecular flexibility index (Phi) is 2.23. The number of halogens is 1. The van der Waals surface area contributed by atoms with Crippen molar-refractivity contribution in [2.75, 3.05) is 5.43 Å². The van der Waals surface area contributed by atoms with E-state index < -0.39 is 0 Å². The minimum atomic E-state index is 0.737. The second-order valence-corrected chi connectivity index (χ2v) is 4.64. The summed E-state index contributed by atoms with van der Waals surface area (Å²) in [6.07, 6.45) is 0. The fourth-order valence-electron chi connectivity index (χ4n) is 1.18. The molecule has 3 nitrogen and oxygen atoms in total. The lowest BCUT2D eigenvalue weighted by Crippen LogP contribution is -2.05. The van der Waals surface area contributed by atoms with Gasteiger partial charge in [0.2, 0.25) is 0 Å². The molecule has 5 heteroatoms. The number of aryl methyl sites for hydroxylation is 1. The summed E-state index contributed by atoms with van der Waals surface area (Å²) in [5, 5.41) is 0.737. The number of nitrogens with zero attached hydrogens (tertiary/aromatic N) is 1. The normalized spacial score (nSPS) is 10.7. The van der Waals surface area contributed by atoms with Gasteiger partial charge in [0.25, 0.3) is 0 Å². The number of thiazole rings is 1. The van der Waals surface area contributed by atoms with E-state index >= 15 is 0 Å². The van der Waals surface area contributed by atoms with Crippen molar-refractivity contribution in [1.82, 2.24) is 4.98 Å². The van der Waals surface area contributed by atoms with Crippen molar-refractivity contribution in [3.63, 3.8) is 0 Å². The van der Waals surface area contributed by atoms with Gasteiger partial charge >= 0.3 is 0 Å². The van der Waals surface area contributed by atoms with Gasteiger partial charge in [-0.1, -0.05) is 11.3 Å². The number of benzene rings is 1. The minimum Gasteiger partial charge on any atom is -0.300 e. The molecule has 0 fully saturated rings. The molecule has 3 N–H and O–H groups in total. The maximum atomic E-state index is 5.28. The smallest absolute Gasteiger partial charge is 0.198 e. The number of nitrogens with two attached hydrogens (primary N) is 1. The maximum absolute atomic E-state index is 5.28. The zero-order valence-corrected chi connectivity index (χ0v) is 9.37. The molecule has 1 aromatic heterocycles. The predicted molar refractivity (Wildman–Crippen MR) is 59.9 cm³/mol. The highest BCUT2D eigenvalue weighted by Gasteiger charge is 2.06. The third-order valence-electron chi connectivity index (χ3n) is 1.72. The average molecular weight is 258 g/mol. The third-order valence-corrected chi connectivity index (χ3v) is 3.25. The van der Waals surface area contributed by atoms with Crippen LogP contribution in [0.5, 0.6) is 0 Å². The molecule has 0 saturated heterocycles. The van der Waals surface area contributed by atoms with Gasteiger partial charge in [0, 0.05) is 4.47 Å². The maximum Gasteiger partial charge on any atom is 0.198 e. The predicted octanol–water partition coefficient (Wildman–Crippen LogP) is 2.65. The fraction of sp³-hybridized carbons (Fsp3) is 0.125. The Morgan fingerprint density at radius 2 is 2.31 bits per heavy atom. The van der Waals surface area contributed by atoms with Gasteiger partial charge in [-0.15, -0.1) is 0 Å². The Morgan fingerprint density at radius 3 is 3.00 bits per heavy atom. The molecule has 0 aliphatic carbocycles. The standard InChI is InChI=1S/C8H8BrN3S/c1-4-2-5(9)7-6(3-4)13-8(11-7)12-10/h2-3H,10H2,1H3,(H,11,12). The molecule has 0 atom stereocenters. The van der Waals surface area contributed by atoms with Gasteiger partial charge < -0.3 is 0 Å². The fourth-order valence-corrected chi connectivity index (χ4v) is 2.88. The molecular formula is C8H8BrN3S. The number of hydrogen-bond donors (Lipinski definition) is 2. The van der Waals surface area contributed by atoms with Gasteiger partial charge in [-0.3, -0.25) is 5.43 Å². The van der Waals surface area contributed by atoms with Crippen LogP contribution in [0.2, 0.25) is 0 Å². The summed E-state index contributed by atoms with van der Waals surface area (Å²) in [6, 6.07) is 4.14. The zero-order valence-electron chi connectivity index (χ0n) is 6.97. The molecule has 1 aromatic carbocycles. The highest BCUT2D eigenvalue weighted by Crippen LogP contribution is 2.31. The first-order valence-electron chi connectivity index (χ1n) is 3.74. The molecule has 0 aliphatic rings. The lowest BCUT2D eigenvalue weighted by atomic mass is 10.2. The Labute approximate surface area is 88.1 Å². The van der Waals surface area contributed by atoms with Crippen LogP contribution >= 0.6 is 27.3 Å². The van der Waals surface area contributed by atoms with E-state index in [1.807, 2.05) is 6.07 Å². The van der Waals surface area contributed by atoms with E-state index in [9.17, 15) is 0 Å². The number of anilines is 1. The monoisotopic (exact) mass is 257 g/mol. The second-order valence-electron chi connectivity index (χ2n) is 2.76. The van der Waals surface area contributed by atoms with Crippen molar-refractivity contribution in [2.45, 2.75) is 6.92 Å². The quantitative estimate of drug-likeness (QED) is 0.610. The Morgan fingerprint density at radius 1 is 1.54 bits per heavy atom. The van der Waals surface area contributed by atoms with Crippen LogP contribution in [0.1, 0.15) is 5.56 Å². The molecule has 0 unspecified atom stereocenters. The van der Waals surface area contributed by atoms with Crippen molar-refractivity contribution < 1.29 is 0 Å². The van der Waals surface area contributed by atoms with E-state index in [0.717, 1.165) is 19.8 Å². The lowest BCUT2D eigenvalue weighted by molar-refractivity contribution is 1.31. The number of fused-ring (bicyclic) bond motifs is 1. The van der Waals surface area contributed by atoms with E-state index in [1.165, 1.54) is 5.56 Å². The molecule has 68 valence electrons. The molecular weight excluding hydrogens is 250 g/mol. The molecule has 0 spiro atoms. The number of nitrogens with one attached hydrogen (secondary N) is 1. The first-order valence-corrected chi connectivity index (χ1v) is 5.35. The number of rotatable bonds is 1. The van der Waals surface area contributed by atoms with E-state index in [4.69, 9.17) is 5.84 Å². The van der Waals surface area contributed by atoms with Crippen molar-refractivity contribution in [3.05, 3.63) is 22.2 Å². The number of hydrazine groups is 1. The number of nitrogen functional groups attached to an aromatic ring is 1. The van der Waals surface area contributed by atoms with E-state index in [2.05, 4.69) is 39.3 Å². The van der Waals surface area contributed by atoms with E-state index in [0.29, 0.717) is 0 Å². The largest absolute Gasteiger partial charge is 0.300 e. The SMILES string of the molecule is Cc1cc(Br)c2nc(NN)sc2c1. The average Bonchev–Trinajstić information content (AvgIpc) is 2.47. The van der Waals surface area contributed by atoms with Crippen molar-refractivity contribution in [1.29, 1.82) is 0 Å². The van der Waals surface area contributed by atoms with Gasteiger partial charge in [-0.25, -0.2) is 10.8 Å². The third kappa shape index (κ3) is 1.54. The number of hydrogen-bond acceptors (Lipinski definition) is 4. The molecule has 2 aromatic rings. The number of aromatic nitrogens is 1. The molecule has 0 radical (unpaired) electrons. The van der Waals surface area contributed by atoms with Crippen molar-refractivity contribution >= 4 is 42.6 Å². The van der Waals surface area contributed by atoms with Crippen LogP contribution in [0.25, 0.3) is 10.2 Å². The van der Waals surface area contributed by atoms with Crippen molar-refractivity contribution in [2.24, 2.45) is 5.84 Å². The summed E-state index contributed by atoms with van der Waals surface area (Å²) in [5.41, 5.74) is 4.73. The van der Waals surface area contributed by atoms with Gasteiger partial charge in [-0.05, 0) is 40.5 Å². The van der Waals surface area contributed by atoms with E-state index in [-0.39, 0.29) is 0 Å². The lowest BCUT2D eigenvalue weighted by Gasteiger charge is -1.94. The summed E-state index contributed by atoms with van der Waals surface area (Å²) in [6.45, 7) is 2.06. The Hall–Kier alpha value is -0.650.